The lowest BCUT2D eigenvalue weighted by atomic mass is 10.2. The highest BCUT2D eigenvalue weighted by atomic mass is 19.4. The first kappa shape index (κ1) is 11.2. The average Bonchev–Trinajstić information content (AvgIpc) is 2.60. The number of aromatic nitrogens is 2. The zero-order chi connectivity index (χ0) is 12.6. The Bertz CT molecular complexity index is 578. The van der Waals surface area contributed by atoms with Gasteiger partial charge in [0, 0.05) is 17.5 Å². The number of alkyl halides is 3. The van der Waals surface area contributed by atoms with E-state index < -0.39 is 22.7 Å². The number of fused-ring (bicyclic) bond motifs is 1. The van der Waals surface area contributed by atoms with Gasteiger partial charge in [-0.05, 0) is 0 Å². The lowest BCUT2D eigenvalue weighted by Crippen LogP contribution is -2.17. The van der Waals surface area contributed by atoms with Gasteiger partial charge >= 0.3 is 12.0 Å². The first-order valence-corrected chi connectivity index (χ1v) is 4.24. The first-order valence-electron chi connectivity index (χ1n) is 4.24. The highest BCUT2D eigenvalue weighted by molar-refractivity contribution is 5.83. The number of H-pyrrole nitrogens is 1. The van der Waals surface area contributed by atoms with Crippen LogP contribution in [0.3, 0.4) is 0 Å². The fraction of sp³-hybridized carbons (Fsp3) is 0.125. The molecular weight excluding hydrogens is 243 g/mol. The third kappa shape index (κ3) is 2.27. The SMILES string of the molecule is O=[N+]([O-])c1cc2cn[nH]c2cc1OC(F)(F)F. The van der Waals surface area contributed by atoms with Crippen molar-refractivity contribution in [1.82, 2.24) is 10.2 Å². The predicted molar refractivity (Wildman–Crippen MR) is 49.4 cm³/mol. The minimum Gasteiger partial charge on any atom is -0.398 e. The van der Waals surface area contributed by atoms with Gasteiger partial charge in [0.2, 0.25) is 5.75 Å². The van der Waals surface area contributed by atoms with Crippen molar-refractivity contribution in [2.24, 2.45) is 0 Å². The second kappa shape index (κ2) is 3.61. The van der Waals surface area contributed by atoms with E-state index in [2.05, 4.69) is 14.9 Å². The van der Waals surface area contributed by atoms with Crippen molar-refractivity contribution >= 4 is 16.6 Å². The van der Waals surface area contributed by atoms with Gasteiger partial charge in [0.25, 0.3) is 0 Å². The number of halogens is 3. The van der Waals surface area contributed by atoms with Crippen molar-refractivity contribution < 1.29 is 22.8 Å². The Kier molecular flexibility index (Phi) is 2.37. The van der Waals surface area contributed by atoms with Crippen LogP contribution in [0.25, 0.3) is 10.9 Å². The maximum absolute atomic E-state index is 12.0. The third-order valence-electron chi connectivity index (χ3n) is 1.94. The van der Waals surface area contributed by atoms with Crippen molar-refractivity contribution in [3.63, 3.8) is 0 Å². The molecule has 0 aliphatic carbocycles. The maximum atomic E-state index is 12.0. The molecule has 1 aromatic heterocycles. The molecule has 0 spiro atoms. The Morgan fingerprint density at radius 3 is 2.71 bits per heavy atom. The molecule has 17 heavy (non-hydrogen) atoms. The molecule has 0 radical (unpaired) electrons. The van der Waals surface area contributed by atoms with Crippen LogP contribution >= 0.6 is 0 Å². The Hall–Kier alpha value is -2.32. The molecule has 0 atom stereocenters. The Morgan fingerprint density at radius 1 is 1.41 bits per heavy atom. The lowest BCUT2D eigenvalue weighted by molar-refractivity contribution is -0.388. The largest absolute Gasteiger partial charge is 0.573 e. The molecule has 2 aromatic rings. The first-order chi connectivity index (χ1) is 7.87. The smallest absolute Gasteiger partial charge is 0.398 e. The Morgan fingerprint density at radius 2 is 2.12 bits per heavy atom. The summed E-state index contributed by atoms with van der Waals surface area (Å²) in [6.45, 7) is 0. The lowest BCUT2D eigenvalue weighted by Gasteiger charge is -2.08. The van der Waals surface area contributed by atoms with Crippen LogP contribution in [0, 0.1) is 10.1 Å². The highest BCUT2D eigenvalue weighted by Crippen LogP contribution is 2.34. The second-order valence-corrected chi connectivity index (χ2v) is 3.08. The molecule has 90 valence electrons. The molecule has 0 saturated heterocycles. The number of nitrogens with zero attached hydrogens (tertiary/aromatic N) is 2. The number of hydrogen-bond acceptors (Lipinski definition) is 4. The number of rotatable bonds is 2. The topological polar surface area (TPSA) is 81.0 Å². The molecule has 1 heterocycles. The van der Waals surface area contributed by atoms with Crippen molar-refractivity contribution in [1.29, 1.82) is 0 Å². The van der Waals surface area contributed by atoms with Gasteiger partial charge in [0.05, 0.1) is 16.6 Å². The monoisotopic (exact) mass is 247 g/mol. The fourth-order valence-corrected chi connectivity index (χ4v) is 1.31. The standard InChI is InChI=1S/C8H4F3N3O3/c9-8(10,11)17-7-2-5-4(3-12-13-5)1-6(7)14(15)16/h1-3H,(H,12,13). The van der Waals surface area contributed by atoms with E-state index >= 15 is 0 Å². The van der Waals surface area contributed by atoms with E-state index in [1.807, 2.05) is 0 Å². The van der Waals surface area contributed by atoms with Gasteiger partial charge in [-0.1, -0.05) is 0 Å². The zero-order valence-corrected chi connectivity index (χ0v) is 7.99. The van der Waals surface area contributed by atoms with Crippen molar-refractivity contribution in [2.45, 2.75) is 6.36 Å². The van der Waals surface area contributed by atoms with Crippen molar-refractivity contribution in [2.75, 3.05) is 0 Å². The minimum atomic E-state index is -4.99. The quantitative estimate of drug-likeness (QED) is 0.652. The molecule has 1 aromatic carbocycles. The zero-order valence-electron chi connectivity index (χ0n) is 7.99. The van der Waals surface area contributed by atoms with E-state index in [1.54, 1.807) is 0 Å². The van der Waals surface area contributed by atoms with Gasteiger partial charge in [-0.25, -0.2) is 0 Å². The van der Waals surface area contributed by atoms with Gasteiger partial charge < -0.3 is 4.74 Å². The fourth-order valence-electron chi connectivity index (χ4n) is 1.31. The summed E-state index contributed by atoms with van der Waals surface area (Å²) in [7, 11) is 0. The highest BCUT2D eigenvalue weighted by Gasteiger charge is 2.34. The van der Waals surface area contributed by atoms with E-state index in [-0.39, 0.29) is 5.52 Å². The molecule has 0 amide bonds. The number of nitrogens with one attached hydrogen (secondary N) is 1. The van der Waals surface area contributed by atoms with Gasteiger partial charge in [0.1, 0.15) is 0 Å². The van der Waals surface area contributed by atoms with Crippen LogP contribution in [0.15, 0.2) is 18.3 Å². The number of aromatic amines is 1. The summed E-state index contributed by atoms with van der Waals surface area (Å²) in [4.78, 5) is 9.65. The summed E-state index contributed by atoms with van der Waals surface area (Å²) in [5.41, 5.74) is -0.550. The van der Waals surface area contributed by atoms with Crippen LogP contribution in [-0.4, -0.2) is 21.5 Å². The van der Waals surface area contributed by atoms with E-state index in [9.17, 15) is 23.3 Å². The molecule has 6 nitrogen and oxygen atoms in total. The summed E-state index contributed by atoms with van der Waals surface area (Å²) in [5, 5.41) is 16.9. The molecule has 0 saturated carbocycles. The second-order valence-electron chi connectivity index (χ2n) is 3.08. The molecule has 0 fully saturated rings. The van der Waals surface area contributed by atoms with E-state index in [1.165, 1.54) is 6.20 Å². The van der Waals surface area contributed by atoms with Gasteiger partial charge in [-0.2, -0.15) is 5.10 Å². The van der Waals surface area contributed by atoms with E-state index in [0.717, 1.165) is 12.1 Å². The minimum absolute atomic E-state index is 0.217. The number of nitro groups is 1. The average molecular weight is 247 g/mol. The van der Waals surface area contributed by atoms with Crippen LogP contribution in [0.5, 0.6) is 5.75 Å². The Balaban J connectivity index is 2.57. The van der Waals surface area contributed by atoms with Crippen molar-refractivity contribution in [3.8, 4) is 5.75 Å². The van der Waals surface area contributed by atoms with Crippen LogP contribution in [-0.2, 0) is 0 Å². The molecule has 0 bridgehead atoms. The normalized spacial score (nSPS) is 11.7. The number of ether oxygens (including phenoxy) is 1. The molecule has 0 unspecified atom stereocenters. The number of hydrogen-bond donors (Lipinski definition) is 1. The van der Waals surface area contributed by atoms with E-state index in [4.69, 9.17) is 0 Å². The number of benzene rings is 1. The third-order valence-corrected chi connectivity index (χ3v) is 1.94. The van der Waals surface area contributed by atoms with Crippen LogP contribution in [0.4, 0.5) is 18.9 Å². The maximum Gasteiger partial charge on any atom is 0.573 e. The van der Waals surface area contributed by atoms with Gasteiger partial charge in [0.15, 0.2) is 0 Å². The van der Waals surface area contributed by atoms with E-state index in [0.29, 0.717) is 5.39 Å². The summed E-state index contributed by atoms with van der Waals surface area (Å²) in [5.74, 6) is -0.876. The van der Waals surface area contributed by atoms with Crippen LogP contribution in [0.2, 0.25) is 0 Å². The summed E-state index contributed by atoms with van der Waals surface area (Å²) in [6, 6.07) is 1.84. The van der Waals surface area contributed by atoms with Gasteiger partial charge in [-0.15, -0.1) is 13.2 Å². The predicted octanol–water partition coefficient (Wildman–Crippen LogP) is 2.37. The van der Waals surface area contributed by atoms with Crippen molar-refractivity contribution in [3.05, 3.63) is 28.4 Å². The summed E-state index contributed by atoms with van der Waals surface area (Å²) >= 11 is 0. The molecule has 2 rings (SSSR count). The summed E-state index contributed by atoms with van der Waals surface area (Å²) in [6.07, 6.45) is -3.72. The molecular formula is C8H4F3N3O3. The molecule has 1 N–H and O–H groups in total. The number of nitro benzene ring substituents is 1. The summed E-state index contributed by atoms with van der Waals surface area (Å²) < 4.78 is 39.7. The molecule has 9 heteroatoms. The Labute approximate surface area is 91.1 Å². The van der Waals surface area contributed by atoms with Gasteiger partial charge in [-0.3, -0.25) is 15.2 Å². The molecule has 0 aliphatic heterocycles. The molecule has 0 aliphatic rings. The van der Waals surface area contributed by atoms with Crippen LogP contribution in [0.1, 0.15) is 0 Å². The van der Waals surface area contributed by atoms with Crippen LogP contribution < -0.4 is 4.74 Å².